The molecular weight excluding hydrogens is 204 g/mol. The highest BCUT2D eigenvalue weighted by molar-refractivity contribution is 5.71. The molecule has 0 heterocycles. The standard InChI is InChI=1S/C12H16N2O2/c13-12(15)14(16)11-8-4-7-10(11)9-5-2-1-3-6-9/h1-3,5-6,10-11,16H,4,7-8H2,(H2,13,15)/t10-,11-/m1/s1. The Morgan fingerprint density at radius 1 is 1.31 bits per heavy atom. The van der Waals surface area contributed by atoms with E-state index in [1.54, 1.807) is 0 Å². The minimum absolute atomic E-state index is 0.181. The molecule has 0 bridgehead atoms. The van der Waals surface area contributed by atoms with Crippen molar-refractivity contribution in [1.29, 1.82) is 0 Å². The van der Waals surface area contributed by atoms with Crippen LogP contribution in [0, 0.1) is 0 Å². The molecular formula is C12H16N2O2. The molecule has 1 saturated carbocycles. The maximum absolute atomic E-state index is 11.0. The number of rotatable bonds is 2. The molecule has 86 valence electrons. The number of primary amides is 1. The number of nitrogens with zero attached hydrogens (tertiary/aromatic N) is 1. The van der Waals surface area contributed by atoms with Crippen molar-refractivity contribution in [3.63, 3.8) is 0 Å². The summed E-state index contributed by atoms with van der Waals surface area (Å²) in [5.41, 5.74) is 6.25. The summed E-state index contributed by atoms with van der Waals surface area (Å²) in [5, 5.41) is 10.3. The van der Waals surface area contributed by atoms with Crippen LogP contribution in [0.1, 0.15) is 30.7 Å². The summed E-state index contributed by atoms with van der Waals surface area (Å²) in [4.78, 5) is 11.0. The second kappa shape index (κ2) is 4.53. The fourth-order valence-corrected chi connectivity index (χ4v) is 2.49. The smallest absolute Gasteiger partial charge is 0.338 e. The third-order valence-corrected chi connectivity index (χ3v) is 3.25. The highest BCUT2D eigenvalue weighted by atomic mass is 16.5. The molecule has 0 aliphatic heterocycles. The lowest BCUT2D eigenvalue weighted by molar-refractivity contribution is -0.0773. The lowest BCUT2D eigenvalue weighted by Crippen LogP contribution is -2.42. The van der Waals surface area contributed by atoms with Gasteiger partial charge in [0, 0.05) is 5.92 Å². The van der Waals surface area contributed by atoms with Crippen LogP contribution >= 0.6 is 0 Å². The lowest BCUT2D eigenvalue weighted by Gasteiger charge is -2.26. The molecule has 1 fully saturated rings. The second-order valence-electron chi connectivity index (χ2n) is 4.20. The van der Waals surface area contributed by atoms with Crippen molar-refractivity contribution in [3.8, 4) is 0 Å². The van der Waals surface area contributed by atoms with E-state index in [0.717, 1.165) is 24.8 Å². The molecule has 2 atom stereocenters. The van der Waals surface area contributed by atoms with E-state index in [-0.39, 0.29) is 12.0 Å². The fourth-order valence-electron chi connectivity index (χ4n) is 2.49. The largest absolute Gasteiger partial charge is 0.350 e. The van der Waals surface area contributed by atoms with Gasteiger partial charge in [-0.25, -0.2) is 9.86 Å². The summed E-state index contributed by atoms with van der Waals surface area (Å²) in [5.74, 6) is 0.193. The van der Waals surface area contributed by atoms with E-state index in [1.807, 2.05) is 30.3 Å². The lowest BCUT2D eigenvalue weighted by atomic mass is 9.94. The summed E-state index contributed by atoms with van der Waals surface area (Å²) in [7, 11) is 0. The fraction of sp³-hybridized carbons (Fsp3) is 0.417. The Labute approximate surface area is 94.6 Å². The average molecular weight is 220 g/mol. The normalized spacial score (nSPS) is 24.3. The first-order chi connectivity index (χ1) is 7.70. The van der Waals surface area contributed by atoms with Crippen LogP contribution in [0.5, 0.6) is 0 Å². The SMILES string of the molecule is NC(=O)N(O)[C@@H]1CCC[C@@H]1c1ccccc1. The number of benzene rings is 1. The predicted octanol–water partition coefficient (Wildman–Crippen LogP) is 2.09. The number of carbonyl (C=O) groups is 1. The van der Waals surface area contributed by atoms with Gasteiger partial charge in [-0.05, 0) is 18.4 Å². The van der Waals surface area contributed by atoms with E-state index in [9.17, 15) is 10.0 Å². The maximum atomic E-state index is 11.0. The van der Waals surface area contributed by atoms with Gasteiger partial charge in [0.25, 0.3) is 0 Å². The molecule has 4 nitrogen and oxygen atoms in total. The Bertz CT molecular complexity index is 367. The van der Waals surface area contributed by atoms with Gasteiger partial charge in [0.1, 0.15) is 0 Å². The van der Waals surface area contributed by atoms with Gasteiger partial charge in [0.2, 0.25) is 0 Å². The summed E-state index contributed by atoms with van der Waals surface area (Å²) < 4.78 is 0. The highest BCUT2D eigenvalue weighted by Gasteiger charge is 2.34. The summed E-state index contributed by atoms with van der Waals surface area (Å²) in [6.45, 7) is 0. The molecule has 1 aromatic rings. The van der Waals surface area contributed by atoms with Crippen LogP contribution in [0.4, 0.5) is 4.79 Å². The number of urea groups is 1. The number of carbonyl (C=O) groups excluding carboxylic acids is 1. The number of hydrogen-bond donors (Lipinski definition) is 2. The first-order valence-electron chi connectivity index (χ1n) is 5.52. The third-order valence-electron chi connectivity index (χ3n) is 3.25. The van der Waals surface area contributed by atoms with E-state index in [0.29, 0.717) is 5.06 Å². The minimum Gasteiger partial charge on any atom is -0.350 e. The molecule has 0 saturated heterocycles. The molecule has 0 aromatic heterocycles. The molecule has 2 amide bonds. The second-order valence-corrected chi connectivity index (χ2v) is 4.20. The van der Waals surface area contributed by atoms with Gasteiger partial charge in [-0.1, -0.05) is 36.8 Å². The zero-order valence-corrected chi connectivity index (χ0v) is 9.04. The van der Waals surface area contributed by atoms with Gasteiger partial charge in [0.05, 0.1) is 6.04 Å². The molecule has 2 rings (SSSR count). The molecule has 16 heavy (non-hydrogen) atoms. The zero-order chi connectivity index (χ0) is 11.5. The number of nitrogens with two attached hydrogens (primary N) is 1. The van der Waals surface area contributed by atoms with E-state index >= 15 is 0 Å². The summed E-state index contributed by atoms with van der Waals surface area (Å²) in [6, 6.07) is 8.99. The van der Waals surface area contributed by atoms with E-state index in [4.69, 9.17) is 5.73 Å². The molecule has 0 unspecified atom stereocenters. The molecule has 1 aliphatic carbocycles. The Hall–Kier alpha value is -1.55. The molecule has 4 heteroatoms. The maximum Gasteiger partial charge on any atom is 0.338 e. The van der Waals surface area contributed by atoms with E-state index in [2.05, 4.69) is 0 Å². The Morgan fingerprint density at radius 2 is 2.00 bits per heavy atom. The van der Waals surface area contributed by atoms with Crippen molar-refractivity contribution in [2.45, 2.75) is 31.2 Å². The van der Waals surface area contributed by atoms with Crippen LogP contribution in [0.15, 0.2) is 30.3 Å². The minimum atomic E-state index is -0.771. The molecule has 1 aliphatic rings. The zero-order valence-electron chi connectivity index (χ0n) is 9.04. The van der Waals surface area contributed by atoms with Gasteiger partial charge in [-0.3, -0.25) is 5.21 Å². The highest BCUT2D eigenvalue weighted by Crippen LogP contribution is 2.36. The number of hydroxylamine groups is 2. The van der Waals surface area contributed by atoms with E-state index in [1.165, 1.54) is 0 Å². The molecule has 0 radical (unpaired) electrons. The average Bonchev–Trinajstić information content (AvgIpc) is 2.77. The van der Waals surface area contributed by atoms with Gasteiger partial charge in [-0.15, -0.1) is 0 Å². The van der Waals surface area contributed by atoms with E-state index < -0.39 is 6.03 Å². The molecule has 3 N–H and O–H groups in total. The predicted molar refractivity (Wildman–Crippen MR) is 60.0 cm³/mol. The molecule has 0 spiro atoms. The first-order valence-corrected chi connectivity index (χ1v) is 5.52. The van der Waals surface area contributed by atoms with Gasteiger partial charge in [-0.2, -0.15) is 0 Å². The van der Waals surface area contributed by atoms with Crippen molar-refractivity contribution >= 4 is 6.03 Å². The number of hydrogen-bond acceptors (Lipinski definition) is 2. The van der Waals surface area contributed by atoms with Crippen molar-refractivity contribution < 1.29 is 10.0 Å². The van der Waals surface area contributed by atoms with Gasteiger partial charge < -0.3 is 5.73 Å². The monoisotopic (exact) mass is 220 g/mol. The van der Waals surface area contributed by atoms with Gasteiger partial charge in [0.15, 0.2) is 0 Å². The van der Waals surface area contributed by atoms with Crippen LogP contribution in [0.25, 0.3) is 0 Å². The van der Waals surface area contributed by atoms with Gasteiger partial charge >= 0.3 is 6.03 Å². The van der Waals surface area contributed by atoms with Crippen molar-refractivity contribution in [1.82, 2.24) is 5.06 Å². The van der Waals surface area contributed by atoms with Crippen LogP contribution in [0.3, 0.4) is 0 Å². The summed E-state index contributed by atoms with van der Waals surface area (Å²) >= 11 is 0. The van der Waals surface area contributed by atoms with Crippen molar-refractivity contribution in [3.05, 3.63) is 35.9 Å². The van der Waals surface area contributed by atoms with Crippen LogP contribution < -0.4 is 5.73 Å². The third kappa shape index (κ3) is 2.02. The summed E-state index contributed by atoms with van der Waals surface area (Å²) in [6.07, 6.45) is 2.80. The van der Waals surface area contributed by atoms with Crippen molar-refractivity contribution in [2.75, 3.05) is 0 Å². The quantitative estimate of drug-likeness (QED) is 0.592. The Balaban J connectivity index is 2.18. The van der Waals surface area contributed by atoms with Crippen LogP contribution in [-0.4, -0.2) is 22.3 Å². The van der Waals surface area contributed by atoms with Crippen molar-refractivity contribution in [2.24, 2.45) is 5.73 Å². The number of amides is 2. The Kier molecular flexibility index (Phi) is 3.10. The first kappa shape index (κ1) is 11.0. The van der Waals surface area contributed by atoms with Crippen LogP contribution in [-0.2, 0) is 0 Å². The molecule has 1 aromatic carbocycles. The Morgan fingerprint density at radius 3 is 2.62 bits per heavy atom. The van der Waals surface area contributed by atoms with Crippen LogP contribution in [0.2, 0.25) is 0 Å². The topological polar surface area (TPSA) is 66.6 Å².